The summed E-state index contributed by atoms with van der Waals surface area (Å²) in [5.41, 5.74) is 2.32. The second-order valence-corrected chi connectivity index (χ2v) is 9.28. The summed E-state index contributed by atoms with van der Waals surface area (Å²) >= 11 is 0. The molecule has 0 saturated carbocycles. The van der Waals surface area contributed by atoms with Gasteiger partial charge in [0.15, 0.2) is 0 Å². The van der Waals surface area contributed by atoms with Crippen LogP contribution in [0.4, 0.5) is 26.3 Å². The van der Waals surface area contributed by atoms with E-state index in [1.807, 2.05) is 12.1 Å². The van der Waals surface area contributed by atoms with Gasteiger partial charge in [0.2, 0.25) is 5.91 Å². The highest BCUT2D eigenvalue weighted by atomic mass is 19.4. The first-order valence-corrected chi connectivity index (χ1v) is 12.4. The van der Waals surface area contributed by atoms with E-state index < -0.39 is 24.3 Å². The number of carboxylic acids is 2. The SMILES string of the molecule is O=C(NCc1cccnc1)C1CN(CC2CCOCC2)Cc2cccn2C1.O=C(O)C(F)(F)F.O=C(O)C(F)(F)F. The van der Waals surface area contributed by atoms with Crippen molar-refractivity contribution in [2.24, 2.45) is 11.8 Å². The molecule has 2 aliphatic rings. The number of amides is 1. The summed E-state index contributed by atoms with van der Waals surface area (Å²) in [5.74, 6) is -4.77. The lowest BCUT2D eigenvalue weighted by Gasteiger charge is -2.30. The smallest absolute Gasteiger partial charge is 0.475 e. The average molecular weight is 597 g/mol. The highest BCUT2D eigenvalue weighted by molar-refractivity contribution is 5.79. The number of fused-ring (bicyclic) bond motifs is 1. The maximum Gasteiger partial charge on any atom is 0.490 e. The van der Waals surface area contributed by atoms with Crippen LogP contribution in [0.25, 0.3) is 0 Å². The Labute approximate surface area is 230 Å². The molecule has 1 amide bonds. The predicted molar refractivity (Wildman–Crippen MR) is 130 cm³/mol. The lowest BCUT2D eigenvalue weighted by Crippen LogP contribution is -2.40. The van der Waals surface area contributed by atoms with E-state index in [1.165, 1.54) is 5.69 Å². The first kappa shape index (κ1) is 33.5. The van der Waals surface area contributed by atoms with Gasteiger partial charge in [-0.05, 0) is 42.5 Å². The summed E-state index contributed by atoms with van der Waals surface area (Å²) in [5, 5.41) is 17.4. The van der Waals surface area contributed by atoms with Crippen LogP contribution in [-0.4, -0.2) is 81.2 Å². The highest BCUT2D eigenvalue weighted by Crippen LogP contribution is 2.22. The predicted octanol–water partition coefficient (Wildman–Crippen LogP) is 3.32. The average Bonchev–Trinajstić information content (AvgIpc) is 3.26. The second-order valence-electron chi connectivity index (χ2n) is 9.28. The lowest BCUT2D eigenvalue weighted by atomic mass is 9.99. The number of ether oxygens (including phenoxy) is 1. The summed E-state index contributed by atoms with van der Waals surface area (Å²) in [4.78, 5) is 37.3. The Balaban J connectivity index is 0.000000349. The summed E-state index contributed by atoms with van der Waals surface area (Å²) in [6.45, 7) is 5.76. The molecular weight excluding hydrogens is 566 g/mol. The van der Waals surface area contributed by atoms with Crippen LogP contribution in [0.1, 0.15) is 24.1 Å². The van der Waals surface area contributed by atoms with E-state index >= 15 is 0 Å². The van der Waals surface area contributed by atoms with Gasteiger partial charge >= 0.3 is 24.3 Å². The molecule has 0 radical (unpaired) electrons. The number of carboxylic acid groups (broad SMARTS) is 2. The minimum atomic E-state index is -5.08. The van der Waals surface area contributed by atoms with Crippen molar-refractivity contribution in [1.82, 2.24) is 19.8 Å². The van der Waals surface area contributed by atoms with Gasteiger partial charge in [-0.15, -0.1) is 0 Å². The van der Waals surface area contributed by atoms with Crippen LogP contribution in [-0.2, 0) is 38.8 Å². The minimum absolute atomic E-state index is 0.0461. The Morgan fingerprint density at radius 2 is 1.59 bits per heavy atom. The number of rotatable bonds is 5. The fraction of sp³-hybridized carbons (Fsp3) is 0.520. The fourth-order valence-electron chi connectivity index (χ4n) is 4.11. The molecule has 3 N–H and O–H groups in total. The van der Waals surface area contributed by atoms with Crippen molar-refractivity contribution >= 4 is 17.8 Å². The molecule has 41 heavy (non-hydrogen) atoms. The van der Waals surface area contributed by atoms with Gasteiger partial charge in [-0.3, -0.25) is 14.7 Å². The van der Waals surface area contributed by atoms with E-state index in [2.05, 4.69) is 38.1 Å². The van der Waals surface area contributed by atoms with Gasteiger partial charge in [0, 0.05) is 70.2 Å². The first-order chi connectivity index (χ1) is 19.2. The minimum Gasteiger partial charge on any atom is -0.475 e. The van der Waals surface area contributed by atoms with Crippen molar-refractivity contribution in [1.29, 1.82) is 0 Å². The molecule has 16 heteroatoms. The van der Waals surface area contributed by atoms with E-state index in [0.29, 0.717) is 12.5 Å². The molecule has 4 heterocycles. The standard InChI is InChI=1S/C21H28N4O2.2C2HF3O2/c26-21(23-12-18-3-1-7-22-11-18)19-14-24(13-17-5-9-27-10-6-17)16-20-4-2-8-25(20)15-19;2*3-2(4,5)1(6)7/h1-4,7-8,11,17,19H,5-6,9-10,12-16H2,(H,23,26);2*(H,6,7). The number of halogens is 6. The number of carbonyl (C=O) groups excluding carboxylic acids is 1. The maximum absolute atomic E-state index is 12.9. The van der Waals surface area contributed by atoms with Crippen molar-refractivity contribution in [2.75, 3.05) is 26.3 Å². The molecule has 10 nitrogen and oxygen atoms in total. The third kappa shape index (κ3) is 12.2. The van der Waals surface area contributed by atoms with E-state index in [1.54, 1.807) is 12.4 Å². The summed E-state index contributed by atoms with van der Waals surface area (Å²) in [7, 11) is 0. The van der Waals surface area contributed by atoms with Crippen molar-refractivity contribution in [2.45, 2.75) is 44.8 Å². The Kier molecular flexibility index (Phi) is 12.6. The Hall–Kier alpha value is -3.66. The zero-order chi connectivity index (χ0) is 30.6. The molecule has 228 valence electrons. The number of nitrogens with zero attached hydrogens (tertiary/aromatic N) is 3. The Morgan fingerprint density at radius 3 is 2.12 bits per heavy atom. The van der Waals surface area contributed by atoms with E-state index in [-0.39, 0.29) is 11.8 Å². The molecule has 1 atom stereocenters. The molecule has 1 fully saturated rings. The number of carbonyl (C=O) groups is 3. The molecule has 4 rings (SSSR count). The van der Waals surface area contributed by atoms with E-state index in [0.717, 1.165) is 57.8 Å². The molecule has 2 aliphatic heterocycles. The van der Waals surface area contributed by atoms with Crippen LogP contribution >= 0.6 is 0 Å². The zero-order valence-corrected chi connectivity index (χ0v) is 21.7. The van der Waals surface area contributed by atoms with Crippen molar-refractivity contribution in [3.8, 4) is 0 Å². The van der Waals surface area contributed by atoms with E-state index in [4.69, 9.17) is 24.5 Å². The number of pyridine rings is 1. The van der Waals surface area contributed by atoms with Crippen LogP contribution in [0.5, 0.6) is 0 Å². The third-order valence-electron chi connectivity index (χ3n) is 6.11. The number of hydrogen-bond donors (Lipinski definition) is 3. The summed E-state index contributed by atoms with van der Waals surface area (Å²) < 4.78 is 71.2. The Bertz CT molecular complexity index is 1100. The Morgan fingerprint density at radius 1 is 0.976 bits per heavy atom. The van der Waals surface area contributed by atoms with Gasteiger partial charge in [-0.25, -0.2) is 9.59 Å². The summed E-state index contributed by atoms with van der Waals surface area (Å²) in [6, 6.07) is 8.14. The van der Waals surface area contributed by atoms with Gasteiger partial charge in [0.1, 0.15) is 0 Å². The van der Waals surface area contributed by atoms with Crippen LogP contribution in [0, 0.1) is 11.8 Å². The fourth-order valence-corrected chi connectivity index (χ4v) is 4.11. The number of hydrogen-bond acceptors (Lipinski definition) is 6. The second kappa shape index (κ2) is 15.4. The molecule has 0 spiro atoms. The normalized spacial score (nSPS) is 18.0. The van der Waals surface area contributed by atoms with Gasteiger partial charge in [0.25, 0.3) is 0 Å². The van der Waals surface area contributed by atoms with Crippen LogP contribution in [0.2, 0.25) is 0 Å². The monoisotopic (exact) mass is 596 g/mol. The highest BCUT2D eigenvalue weighted by Gasteiger charge is 2.39. The van der Waals surface area contributed by atoms with E-state index in [9.17, 15) is 31.1 Å². The molecule has 0 aliphatic carbocycles. The van der Waals surface area contributed by atoms with Crippen LogP contribution < -0.4 is 5.32 Å². The van der Waals surface area contributed by atoms with Crippen molar-refractivity contribution in [3.05, 3.63) is 54.1 Å². The molecule has 0 bridgehead atoms. The molecule has 0 aromatic carbocycles. The number of aromatic nitrogens is 2. The lowest BCUT2D eigenvalue weighted by molar-refractivity contribution is -0.193. The topological polar surface area (TPSA) is 134 Å². The van der Waals surface area contributed by atoms with Crippen LogP contribution in [0.15, 0.2) is 42.9 Å². The van der Waals surface area contributed by atoms with Gasteiger partial charge < -0.3 is 24.8 Å². The van der Waals surface area contributed by atoms with Gasteiger partial charge in [-0.2, -0.15) is 26.3 Å². The molecule has 1 unspecified atom stereocenters. The van der Waals surface area contributed by atoms with Crippen LogP contribution in [0.3, 0.4) is 0 Å². The first-order valence-electron chi connectivity index (χ1n) is 12.4. The number of alkyl halides is 6. The maximum atomic E-state index is 12.9. The number of nitrogens with one attached hydrogen (secondary N) is 1. The summed E-state index contributed by atoms with van der Waals surface area (Å²) in [6.07, 6.45) is -2.29. The molecule has 2 aromatic heterocycles. The van der Waals surface area contributed by atoms with Gasteiger partial charge in [-0.1, -0.05) is 6.07 Å². The quantitative estimate of drug-likeness (QED) is 0.448. The van der Waals surface area contributed by atoms with Crippen molar-refractivity contribution < 1.29 is 55.7 Å². The molecule has 2 aromatic rings. The molecule has 1 saturated heterocycles. The molecular formula is C25H30F6N4O6. The van der Waals surface area contributed by atoms with Gasteiger partial charge in [0.05, 0.1) is 5.92 Å². The zero-order valence-electron chi connectivity index (χ0n) is 21.7. The largest absolute Gasteiger partial charge is 0.490 e. The number of aliphatic carboxylic acids is 2. The van der Waals surface area contributed by atoms with Crippen molar-refractivity contribution in [3.63, 3.8) is 0 Å². The third-order valence-corrected chi connectivity index (χ3v) is 6.11.